The lowest BCUT2D eigenvalue weighted by Crippen LogP contribution is -2.37. The molecule has 0 aromatic carbocycles. The third kappa shape index (κ3) is 1.85. The highest BCUT2D eigenvalue weighted by atomic mass is 16.2. The van der Waals surface area contributed by atoms with Crippen LogP contribution in [-0.4, -0.2) is 39.1 Å². The standard InChI is InChI=1S/C13H16N4O/c1-9(18)17-7-3-4-10(8-17)12-11-5-2-6-14-13(11)16-15-12/h2,5-6,10H,3-4,7-8H2,1H3,(H,14,15,16). The second-order valence-corrected chi connectivity index (χ2v) is 4.82. The van der Waals surface area contributed by atoms with Crippen LogP contribution >= 0.6 is 0 Å². The summed E-state index contributed by atoms with van der Waals surface area (Å²) >= 11 is 0. The Hall–Kier alpha value is -1.91. The Labute approximate surface area is 105 Å². The highest BCUT2D eigenvalue weighted by molar-refractivity contribution is 5.78. The lowest BCUT2D eigenvalue weighted by molar-refractivity contribution is -0.130. The summed E-state index contributed by atoms with van der Waals surface area (Å²) in [5.74, 6) is 0.499. The van der Waals surface area contributed by atoms with Gasteiger partial charge in [0.25, 0.3) is 0 Å². The molecule has 1 aliphatic heterocycles. The van der Waals surface area contributed by atoms with E-state index in [-0.39, 0.29) is 5.91 Å². The van der Waals surface area contributed by atoms with Crippen molar-refractivity contribution < 1.29 is 4.79 Å². The number of carbonyl (C=O) groups is 1. The summed E-state index contributed by atoms with van der Waals surface area (Å²) in [6, 6.07) is 3.96. The summed E-state index contributed by atoms with van der Waals surface area (Å²) in [7, 11) is 0. The van der Waals surface area contributed by atoms with Gasteiger partial charge in [-0.2, -0.15) is 5.10 Å². The van der Waals surface area contributed by atoms with Crippen molar-refractivity contribution in [2.45, 2.75) is 25.7 Å². The zero-order chi connectivity index (χ0) is 12.5. The van der Waals surface area contributed by atoms with E-state index in [2.05, 4.69) is 15.2 Å². The Kier molecular flexibility index (Phi) is 2.74. The lowest BCUT2D eigenvalue weighted by Gasteiger charge is -2.31. The second kappa shape index (κ2) is 4.40. The number of H-pyrrole nitrogens is 1. The van der Waals surface area contributed by atoms with Crippen molar-refractivity contribution in [2.75, 3.05) is 13.1 Å². The van der Waals surface area contributed by atoms with Crippen molar-refractivity contribution >= 4 is 16.9 Å². The Bertz CT molecular complexity index is 577. The maximum Gasteiger partial charge on any atom is 0.219 e. The molecule has 5 heteroatoms. The molecule has 0 saturated carbocycles. The van der Waals surface area contributed by atoms with Crippen molar-refractivity contribution in [3.63, 3.8) is 0 Å². The Balaban J connectivity index is 1.92. The molecule has 1 amide bonds. The van der Waals surface area contributed by atoms with E-state index in [0.29, 0.717) is 5.92 Å². The number of nitrogens with one attached hydrogen (secondary N) is 1. The smallest absolute Gasteiger partial charge is 0.219 e. The van der Waals surface area contributed by atoms with Crippen molar-refractivity contribution in [2.24, 2.45) is 0 Å². The van der Waals surface area contributed by atoms with Crippen LogP contribution in [0.3, 0.4) is 0 Å². The number of pyridine rings is 1. The predicted octanol–water partition coefficient (Wildman–Crippen LogP) is 1.68. The topological polar surface area (TPSA) is 61.9 Å². The Morgan fingerprint density at radius 1 is 1.56 bits per heavy atom. The molecular weight excluding hydrogens is 228 g/mol. The molecule has 3 heterocycles. The van der Waals surface area contributed by atoms with Gasteiger partial charge < -0.3 is 4.90 Å². The number of nitrogens with zero attached hydrogens (tertiary/aromatic N) is 3. The highest BCUT2D eigenvalue weighted by Gasteiger charge is 2.25. The van der Waals surface area contributed by atoms with Crippen LogP contribution < -0.4 is 0 Å². The number of carbonyl (C=O) groups excluding carboxylic acids is 1. The summed E-state index contributed by atoms with van der Waals surface area (Å²) in [6.45, 7) is 3.28. The van der Waals surface area contributed by atoms with Gasteiger partial charge in [-0.05, 0) is 25.0 Å². The quantitative estimate of drug-likeness (QED) is 0.830. The molecule has 0 radical (unpaired) electrons. The summed E-state index contributed by atoms with van der Waals surface area (Å²) in [5.41, 5.74) is 1.87. The molecule has 0 spiro atoms. The first-order valence-electron chi connectivity index (χ1n) is 6.30. The third-order valence-corrected chi connectivity index (χ3v) is 3.63. The predicted molar refractivity (Wildman–Crippen MR) is 68.1 cm³/mol. The fourth-order valence-electron chi connectivity index (χ4n) is 2.68. The Morgan fingerprint density at radius 2 is 2.44 bits per heavy atom. The van der Waals surface area contributed by atoms with Crippen LogP contribution in [0.4, 0.5) is 0 Å². The number of amides is 1. The number of hydrogen-bond donors (Lipinski definition) is 1. The minimum atomic E-state index is 0.154. The second-order valence-electron chi connectivity index (χ2n) is 4.82. The molecule has 1 saturated heterocycles. The van der Waals surface area contributed by atoms with E-state index < -0.39 is 0 Å². The van der Waals surface area contributed by atoms with Gasteiger partial charge >= 0.3 is 0 Å². The minimum Gasteiger partial charge on any atom is -0.342 e. The number of piperidine rings is 1. The molecule has 1 unspecified atom stereocenters. The van der Waals surface area contributed by atoms with E-state index in [4.69, 9.17) is 0 Å². The van der Waals surface area contributed by atoms with Crippen LogP contribution in [0.1, 0.15) is 31.4 Å². The molecule has 1 N–H and O–H groups in total. The number of hydrogen-bond acceptors (Lipinski definition) is 3. The van der Waals surface area contributed by atoms with E-state index in [1.807, 2.05) is 17.0 Å². The molecule has 2 aromatic heterocycles. The van der Waals surface area contributed by atoms with E-state index in [1.54, 1.807) is 13.1 Å². The largest absolute Gasteiger partial charge is 0.342 e. The maximum absolute atomic E-state index is 11.5. The van der Waals surface area contributed by atoms with Gasteiger partial charge in [0.15, 0.2) is 5.65 Å². The van der Waals surface area contributed by atoms with Gasteiger partial charge in [0, 0.05) is 43.2 Å². The van der Waals surface area contributed by atoms with Crippen LogP contribution in [0, 0.1) is 0 Å². The molecule has 0 aliphatic carbocycles. The van der Waals surface area contributed by atoms with Crippen LogP contribution in [0.2, 0.25) is 0 Å². The third-order valence-electron chi connectivity index (χ3n) is 3.63. The van der Waals surface area contributed by atoms with Crippen LogP contribution in [0.25, 0.3) is 11.0 Å². The number of aromatic nitrogens is 3. The molecule has 94 valence electrons. The maximum atomic E-state index is 11.5. The van der Waals surface area contributed by atoms with Crippen molar-refractivity contribution in [1.29, 1.82) is 0 Å². The first-order valence-corrected chi connectivity index (χ1v) is 6.30. The number of rotatable bonds is 1. The monoisotopic (exact) mass is 244 g/mol. The summed E-state index contributed by atoms with van der Waals surface area (Å²) in [5, 5.41) is 8.39. The molecule has 2 aromatic rings. The van der Waals surface area contributed by atoms with Gasteiger partial charge in [0.05, 0.1) is 0 Å². The molecule has 1 atom stereocenters. The summed E-state index contributed by atoms with van der Waals surface area (Å²) in [6.07, 6.45) is 3.89. The molecule has 5 nitrogen and oxygen atoms in total. The average Bonchev–Trinajstić information content (AvgIpc) is 2.82. The lowest BCUT2D eigenvalue weighted by atomic mass is 9.93. The van der Waals surface area contributed by atoms with E-state index >= 15 is 0 Å². The SMILES string of the molecule is CC(=O)N1CCCC(c2[nH]nc3ncccc23)C1. The Morgan fingerprint density at radius 3 is 3.28 bits per heavy atom. The van der Waals surface area contributed by atoms with Gasteiger partial charge in [0.2, 0.25) is 5.91 Å². The number of fused-ring (bicyclic) bond motifs is 1. The zero-order valence-corrected chi connectivity index (χ0v) is 10.4. The van der Waals surface area contributed by atoms with Crippen LogP contribution in [-0.2, 0) is 4.79 Å². The molecule has 18 heavy (non-hydrogen) atoms. The normalized spacial score (nSPS) is 20.3. The summed E-state index contributed by atoms with van der Waals surface area (Å²) in [4.78, 5) is 17.6. The molecule has 1 fully saturated rings. The molecule has 1 aliphatic rings. The average molecular weight is 244 g/mol. The van der Waals surface area contributed by atoms with Gasteiger partial charge in [-0.1, -0.05) is 0 Å². The van der Waals surface area contributed by atoms with E-state index in [1.165, 1.54) is 0 Å². The zero-order valence-electron chi connectivity index (χ0n) is 10.4. The molecule has 0 bridgehead atoms. The number of likely N-dealkylation sites (tertiary alicyclic amines) is 1. The number of aromatic amines is 1. The van der Waals surface area contributed by atoms with Crippen molar-refractivity contribution in [1.82, 2.24) is 20.1 Å². The molecule has 3 rings (SSSR count). The van der Waals surface area contributed by atoms with Crippen LogP contribution in [0.5, 0.6) is 0 Å². The van der Waals surface area contributed by atoms with Gasteiger partial charge in [0.1, 0.15) is 0 Å². The molecular formula is C13H16N4O. The van der Waals surface area contributed by atoms with Crippen molar-refractivity contribution in [3.8, 4) is 0 Å². The van der Waals surface area contributed by atoms with Gasteiger partial charge in [-0.25, -0.2) is 4.98 Å². The van der Waals surface area contributed by atoms with Crippen LogP contribution in [0.15, 0.2) is 18.3 Å². The van der Waals surface area contributed by atoms with E-state index in [9.17, 15) is 4.79 Å². The minimum absolute atomic E-state index is 0.154. The van der Waals surface area contributed by atoms with Gasteiger partial charge in [-0.3, -0.25) is 9.89 Å². The van der Waals surface area contributed by atoms with E-state index in [0.717, 1.165) is 42.7 Å². The highest BCUT2D eigenvalue weighted by Crippen LogP contribution is 2.29. The first kappa shape index (κ1) is 11.2. The fourth-order valence-corrected chi connectivity index (χ4v) is 2.68. The first-order chi connectivity index (χ1) is 8.75. The van der Waals surface area contributed by atoms with Gasteiger partial charge in [-0.15, -0.1) is 0 Å². The fraction of sp³-hybridized carbons (Fsp3) is 0.462. The van der Waals surface area contributed by atoms with Crippen molar-refractivity contribution in [3.05, 3.63) is 24.0 Å². The summed E-state index contributed by atoms with van der Waals surface area (Å²) < 4.78 is 0.